The number of rotatable bonds is 2. The zero-order valence-corrected chi connectivity index (χ0v) is 11.1. The van der Waals surface area contributed by atoms with Crippen LogP contribution in [0.1, 0.15) is 0 Å². The van der Waals surface area contributed by atoms with Gasteiger partial charge in [-0.3, -0.25) is 0 Å². The van der Waals surface area contributed by atoms with Gasteiger partial charge in [0.2, 0.25) is 3.79 Å². The standard InChI is InChI=1S/C5H2Br2Cl3F3/c6-2(5(8,9)10)1-3(11)4(7,12)13/h1-2H/b3-1-. The molecule has 0 bridgehead atoms. The fraction of sp³-hybridized carbons (Fsp3) is 0.600. The molecule has 0 saturated carbocycles. The van der Waals surface area contributed by atoms with Gasteiger partial charge in [-0.1, -0.05) is 50.7 Å². The van der Waals surface area contributed by atoms with Crippen LogP contribution in [0.15, 0.2) is 11.9 Å². The second kappa shape index (κ2) is 4.92. The van der Waals surface area contributed by atoms with E-state index in [1.54, 1.807) is 0 Å². The Balaban J connectivity index is 4.59. The van der Waals surface area contributed by atoms with E-state index in [9.17, 15) is 13.2 Å². The van der Waals surface area contributed by atoms with Gasteiger partial charge in [0, 0.05) is 0 Å². The van der Waals surface area contributed by atoms with E-state index in [0.29, 0.717) is 6.08 Å². The van der Waals surface area contributed by atoms with Gasteiger partial charge < -0.3 is 0 Å². The van der Waals surface area contributed by atoms with E-state index in [0.717, 1.165) is 0 Å². The average Bonchev–Trinajstić information content (AvgIpc) is 1.82. The summed E-state index contributed by atoms with van der Waals surface area (Å²) in [5, 5.41) is 0. The van der Waals surface area contributed by atoms with Crippen LogP contribution in [0, 0.1) is 0 Å². The first kappa shape index (κ1) is 14.4. The summed E-state index contributed by atoms with van der Waals surface area (Å²) in [5.41, 5.74) is 0. The Morgan fingerprint density at radius 1 is 1.31 bits per heavy atom. The van der Waals surface area contributed by atoms with Gasteiger partial charge in [0.1, 0.15) is 0 Å². The van der Waals surface area contributed by atoms with Crippen LogP contribution in [0.2, 0.25) is 0 Å². The molecule has 0 nitrogen and oxygen atoms in total. The Labute approximate surface area is 105 Å². The first-order valence-corrected chi connectivity index (χ1v) is 5.54. The zero-order chi connectivity index (χ0) is 10.9. The van der Waals surface area contributed by atoms with Gasteiger partial charge >= 0.3 is 4.83 Å². The molecule has 0 rings (SSSR count). The monoisotopic (exact) mass is 382 g/mol. The van der Waals surface area contributed by atoms with Crippen molar-refractivity contribution in [1.82, 2.24) is 0 Å². The lowest BCUT2D eigenvalue weighted by atomic mass is 10.4. The third-order valence-corrected chi connectivity index (χ3v) is 3.70. The van der Waals surface area contributed by atoms with Crippen molar-refractivity contribution < 1.29 is 13.2 Å². The molecule has 0 saturated heterocycles. The molecule has 8 heteroatoms. The molecule has 0 radical (unpaired) electrons. The molecule has 0 amide bonds. The lowest BCUT2D eigenvalue weighted by molar-refractivity contribution is 0.127. The van der Waals surface area contributed by atoms with Crippen LogP contribution in [-0.4, -0.2) is 13.5 Å². The highest BCUT2D eigenvalue weighted by Crippen LogP contribution is 2.39. The molecule has 0 heterocycles. The van der Waals surface area contributed by atoms with E-state index < -0.39 is 19.3 Å². The number of hydrogen-bond acceptors (Lipinski definition) is 0. The Bertz CT molecular complexity index is 208. The minimum atomic E-state index is -3.74. The molecule has 0 aliphatic carbocycles. The van der Waals surface area contributed by atoms with Gasteiger partial charge in [0.25, 0.3) is 0 Å². The number of halogens is 8. The van der Waals surface area contributed by atoms with Crippen LogP contribution < -0.4 is 0 Å². The maximum atomic E-state index is 12.5. The van der Waals surface area contributed by atoms with Crippen molar-refractivity contribution in [3.05, 3.63) is 11.9 Å². The van der Waals surface area contributed by atoms with Crippen molar-refractivity contribution in [3.8, 4) is 0 Å². The predicted molar refractivity (Wildman–Crippen MR) is 56.1 cm³/mol. The molecule has 0 aliphatic heterocycles. The Morgan fingerprint density at radius 3 is 1.92 bits per heavy atom. The summed E-state index contributed by atoms with van der Waals surface area (Å²) >= 11 is 20.4. The minimum Gasteiger partial charge on any atom is -0.204 e. The summed E-state index contributed by atoms with van der Waals surface area (Å²) in [5.74, 6) is -1.72. The molecule has 0 aromatic rings. The average molecular weight is 385 g/mol. The third-order valence-electron chi connectivity index (χ3n) is 0.876. The van der Waals surface area contributed by atoms with Crippen LogP contribution >= 0.6 is 66.7 Å². The van der Waals surface area contributed by atoms with Crippen molar-refractivity contribution in [3.63, 3.8) is 0 Å². The van der Waals surface area contributed by atoms with E-state index in [1.165, 1.54) is 0 Å². The topological polar surface area (TPSA) is 0 Å². The molecule has 13 heavy (non-hydrogen) atoms. The fourth-order valence-electron chi connectivity index (χ4n) is 0.317. The predicted octanol–water partition coefficient (Wildman–Crippen LogP) is 4.96. The van der Waals surface area contributed by atoms with E-state index in [-0.39, 0.29) is 0 Å². The third kappa shape index (κ3) is 5.72. The summed E-state index contributed by atoms with van der Waals surface area (Å²) in [4.78, 5) is -4.87. The Morgan fingerprint density at radius 2 is 1.69 bits per heavy atom. The van der Waals surface area contributed by atoms with E-state index in [2.05, 4.69) is 15.9 Å². The highest BCUT2D eigenvalue weighted by Gasteiger charge is 2.35. The summed E-state index contributed by atoms with van der Waals surface area (Å²) in [7, 11) is 0. The zero-order valence-electron chi connectivity index (χ0n) is 5.68. The second-order valence-electron chi connectivity index (χ2n) is 1.96. The van der Waals surface area contributed by atoms with Gasteiger partial charge in [-0.25, -0.2) is 4.39 Å². The van der Waals surface area contributed by atoms with Crippen LogP contribution in [0.3, 0.4) is 0 Å². The second-order valence-corrected chi connectivity index (χ2v) is 6.31. The highest BCUT2D eigenvalue weighted by molar-refractivity contribution is 9.10. The molecule has 1 atom stereocenters. The molecule has 0 N–H and O–H groups in total. The molecule has 1 unspecified atom stereocenters. The SMILES string of the molecule is F/C(=C\C(Br)C(Cl)(Cl)Cl)C(F)(F)Br. The molecular weight excluding hydrogens is 383 g/mol. The maximum absolute atomic E-state index is 12.5. The molecule has 0 aromatic carbocycles. The van der Waals surface area contributed by atoms with E-state index >= 15 is 0 Å². The first-order chi connectivity index (χ1) is 5.55. The molecule has 78 valence electrons. The van der Waals surface area contributed by atoms with Crippen LogP contribution in [0.5, 0.6) is 0 Å². The fourth-order valence-corrected chi connectivity index (χ4v) is 0.871. The largest absolute Gasteiger partial charge is 0.351 e. The van der Waals surface area contributed by atoms with Gasteiger partial charge in [0.15, 0.2) is 5.83 Å². The van der Waals surface area contributed by atoms with E-state index in [4.69, 9.17) is 34.8 Å². The normalized spacial score (nSPS) is 17.4. The molecular formula is C5H2Br2Cl3F3. The summed E-state index contributed by atoms with van der Waals surface area (Å²) in [6, 6.07) is 0. The smallest absolute Gasteiger partial charge is 0.204 e. The van der Waals surface area contributed by atoms with Gasteiger partial charge in [0.05, 0.1) is 4.83 Å². The van der Waals surface area contributed by atoms with Crippen molar-refractivity contribution in [2.75, 3.05) is 0 Å². The molecule has 0 aliphatic rings. The molecule has 0 fully saturated rings. The summed E-state index contributed by atoms with van der Waals surface area (Å²) in [6.07, 6.45) is 0.474. The number of allylic oxidation sites excluding steroid dienone is 2. The minimum absolute atomic E-state index is 0.474. The summed E-state index contributed by atoms with van der Waals surface area (Å²) < 4.78 is 35.0. The van der Waals surface area contributed by atoms with Crippen LogP contribution in [0.25, 0.3) is 0 Å². The Hall–Kier alpha value is 1.36. The van der Waals surface area contributed by atoms with Crippen molar-refractivity contribution in [2.24, 2.45) is 0 Å². The van der Waals surface area contributed by atoms with Crippen molar-refractivity contribution >= 4 is 66.7 Å². The highest BCUT2D eigenvalue weighted by atomic mass is 79.9. The quantitative estimate of drug-likeness (QED) is 0.590. The molecule has 0 spiro atoms. The van der Waals surface area contributed by atoms with Crippen LogP contribution in [-0.2, 0) is 0 Å². The van der Waals surface area contributed by atoms with Crippen LogP contribution in [0.4, 0.5) is 13.2 Å². The van der Waals surface area contributed by atoms with Crippen molar-refractivity contribution in [2.45, 2.75) is 13.5 Å². The van der Waals surface area contributed by atoms with E-state index in [1.807, 2.05) is 15.9 Å². The number of hydrogen-bond donors (Lipinski definition) is 0. The summed E-state index contributed by atoms with van der Waals surface area (Å²) in [6.45, 7) is 0. The lowest BCUT2D eigenvalue weighted by Gasteiger charge is -2.15. The number of alkyl halides is 7. The van der Waals surface area contributed by atoms with Gasteiger partial charge in [-0.15, -0.1) is 0 Å². The van der Waals surface area contributed by atoms with Gasteiger partial charge in [-0.2, -0.15) is 8.78 Å². The van der Waals surface area contributed by atoms with Gasteiger partial charge in [-0.05, 0) is 22.0 Å². The first-order valence-electron chi connectivity index (χ1n) is 2.70. The van der Waals surface area contributed by atoms with Crippen molar-refractivity contribution in [1.29, 1.82) is 0 Å². The molecule has 0 aromatic heterocycles. The maximum Gasteiger partial charge on any atom is 0.351 e. The lowest BCUT2D eigenvalue weighted by Crippen LogP contribution is -2.18. The Kier molecular flexibility index (Phi) is 5.44.